The van der Waals surface area contributed by atoms with Crippen LogP contribution >= 0.6 is 0 Å². The number of aryl methyl sites for hydroxylation is 1. The first-order valence-electron chi connectivity index (χ1n) is 14.7. The average molecular weight is 614 g/mol. The van der Waals surface area contributed by atoms with Crippen molar-refractivity contribution in [1.82, 2.24) is 25.2 Å². The van der Waals surface area contributed by atoms with Crippen molar-refractivity contribution in [3.05, 3.63) is 71.3 Å². The lowest BCUT2D eigenvalue weighted by molar-refractivity contribution is -0.140. The highest BCUT2D eigenvalue weighted by Gasteiger charge is 2.44. The number of amides is 3. The van der Waals surface area contributed by atoms with Crippen molar-refractivity contribution in [2.45, 2.75) is 71.6 Å². The van der Waals surface area contributed by atoms with Gasteiger partial charge >= 0.3 is 0 Å². The van der Waals surface area contributed by atoms with Crippen LogP contribution in [-0.2, 0) is 26.0 Å². The van der Waals surface area contributed by atoms with Crippen molar-refractivity contribution in [1.29, 1.82) is 0 Å². The third-order valence-corrected chi connectivity index (χ3v) is 9.22. The van der Waals surface area contributed by atoms with Crippen molar-refractivity contribution >= 4 is 27.7 Å². The first-order chi connectivity index (χ1) is 20.1. The molecular formula is C32H47N5O5S. The summed E-state index contributed by atoms with van der Waals surface area (Å²) in [6, 6.07) is 14.6. The lowest BCUT2D eigenvalue weighted by Gasteiger charge is -2.37. The fourth-order valence-corrected chi connectivity index (χ4v) is 6.04. The molecule has 0 aromatic heterocycles. The largest absolute Gasteiger partial charge is 0.347 e. The van der Waals surface area contributed by atoms with Crippen LogP contribution in [0.5, 0.6) is 0 Å². The van der Waals surface area contributed by atoms with E-state index in [9.17, 15) is 22.8 Å². The molecule has 3 N–H and O–H groups in total. The van der Waals surface area contributed by atoms with E-state index in [1.807, 2.05) is 70.2 Å². The number of carbonyl (C=O) groups excluding carboxylic acids is 3. The van der Waals surface area contributed by atoms with Gasteiger partial charge in [-0.1, -0.05) is 68.8 Å². The van der Waals surface area contributed by atoms with E-state index < -0.39 is 39.6 Å². The van der Waals surface area contributed by atoms with E-state index in [0.717, 1.165) is 11.1 Å². The Balaban J connectivity index is 1.89. The lowest BCUT2D eigenvalue weighted by Crippen LogP contribution is -2.59. The quantitative estimate of drug-likeness (QED) is 0.337. The highest BCUT2D eigenvalue weighted by molar-refractivity contribution is 7.88. The Hall–Kier alpha value is -3.28. The molecule has 1 heterocycles. The minimum absolute atomic E-state index is 0.0754. The van der Waals surface area contributed by atoms with Gasteiger partial charge in [0.25, 0.3) is 5.91 Å². The normalized spacial score (nSPS) is 18.7. The summed E-state index contributed by atoms with van der Waals surface area (Å²) in [6.07, 6.45) is 2.07. The fraction of sp³-hybridized carbons (Fsp3) is 0.531. The number of sulfonamides is 1. The van der Waals surface area contributed by atoms with Crippen molar-refractivity contribution in [2.75, 3.05) is 32.9 Å². The molecule has 2 aromatic rings. The van der Waals surface area contributed by atoms with Gasteiger partial charge in [0.1, 0.15) is 6.04 Å². The maximum Gasteiger partial charge on any atom is 0.251 e. The van der Waals surface area contributed by atoms with E-state index in [0.29, 0.717) is 18.4 Å². The monoisotopic (exact) mass is 613 g/mol. The van der Waals surface area contributed by atoms with Gasteiger partial charge in [-0.25, -0.2) is 8.42 Å². The van der Waals surface area contributed by atoms with Crippen LogP contribution in [0.2, 0.25) is 0 Å². The van der Waals surface area contributed by atoms with Gasteiger partial charge < -0.3 is 20.9 Å². The molecule has 2 aromatic carbocycles. The minimum atomic E-state index is -3.61. The van der Waals surface area contributed by atoms with Gasteiger partial charge in [0.2, 0.25) is 21.8 Å². The number of likely N-dealkylation sites (tertiary alicyclic amines) is 1. The van der Waals surface area contributed by atoms with Crippen LogP contribution in [0.25, 0.3) is 0 Å². The zero-order valence-electron chi connectivity index (χ0n) is 26.4. The van der Waals surface area contributed by atoms with Gasteiger partial charge in [-0.05, 0) is 56.8 Å². The summed E-state index contributed by atoms with van der Waals surface area (Å²) in [6.45, 7) is 9.82. The van der Waals surface area contributed by atoms with E-state index in [1.54, 1.807) is 31.0 Å². The molecule has 1 aliphatic heterocycles. The maximum absolute atomic E-state index is 14.2. The average Bonchev–Trinajstić information content (AvgIpc) is 3.34. The van der Waals surface area contributed by atoms with Crippen LogP contribution in [0.4, 0.5) is 0 Å². The highest BCUT2D eigenvalue weighted by atomic mass is 32.2. The van der Waals surface area contributed by atoms with E-state index >= 15 is 0 Å². The van der Waals surface area contributed by atoms with Crippen LogP contribution in [0, 0.1) is 12.3 Å². The Morgan fingerprint density at radius 1 is 1.05 bits per heavy atom. The van der Waals surface area contributed by atoms with Crippen LogP contribution in [0.1, 0.15) is 55.6 Å². The summed E-state index contributed by atoms with van der Waals surface area (Å²) < 4.78 is 27.3. The Labute approximate surface area is 256 Å². The summed E-state index contributed by atoms with van der Waals surface area (Å²) in [7, 11) is -1.94. The molecule has 0 radical (unpaired) electrons. The van der Waals surface area contributed by atoms with Gasteiger partial charge in [-0.3, -0.25) is 14.4 Å². The second-order valence-corrected chi connectivity index (χ2v) is 14.6. The Kier molecular flexibility index (Phi) is 11.5. The predicted molar refractivity (Wildman–Crippen MR) is 169 cm³/mol. The van der Waals surface area contributed by atoms with E-state index in [4.69, 9.17) is 0 Å². The zero-order valence-corrected chi connectivity index (χ0v) is 27.2. The molecule has 43 heavy (non-hydrogen) atoms. The summed E-state index contributed by atoms with van der Waals surface area (Å²) >= 11 is 0. The van der Waals surface area contributed by atoms with Crippen molar-refractivity contribution in [3.8, 4) is 0 Å². The fourth-order valence-electron chi connectivity index (χ4n) is 5.18. The molecule has 236 valence electrons. The van der Waals surface area contributed by atoms with Crippen LogP contribution in [0.15, 0.2) is 54.6 Å². The van der Waals surface area contributed by atoms with Gasteiger partial charge in [-0.15, -0.1) is 0 Å². The summed E-state index contributed by atoms with van der Waals surface area (Å²) in [4.78, 5) is 41.8. The van der Waals surface area contributed by atoms with Gasteiger partial charge in [-0.2, -0.15) is 4.31 Å². The molecule has 0 unspecified atom stereocenters. The van der Waals surface area contributed by atoms with E-state index in [1.165, 1.54) is 10.6 Å². The van der Waals surface area contributed by atoms with E-state index in [-0.39, 0.29) is 37.4 Å². The molecular weight excluding hydrogens is 566 g/mol. The van der Waals surface area contributed by atoms with Crippen LogP contribution < -0.4 is 16.0 Å². The van der Waals surface area contributed by atoms with Gasteiger partial charge in [0, 0.05) is 37.3 Å². The SMILES string of the molecule is CN[C@@H](C)C(=O)N[C@H](C(=O)N1C[C@@H](NC(=O)c2ccc(C)cc2)C[C@H]1CN(CCc1ccccc1)S(C)(=O)=O)C(C)(C)C. The van der Waals surface area contributed by atoms with E-state index in [2.05, 4.69) is 16.0 Å². The molecule has 0 saturated carbocycles. The third kappa shape index (κ3) is 9.61. The molecule has 10 nitrogen and oxygen atoms in total. The molecule has 3 amide bonds. The second kappa shape index (κ2) is 14.5. The number of carbonyl (C=O) groups is 3. The van der Waals surface area contributed by atoms with Crippen molar-refractivity contribution < 1.29 is 22.8 Å². The summed E-state index contributed by atoms with van der Waals surface area (Å²) in [5.41, 5.74) is 1.92. The first kappa shape index (κ1) is 34.2. The van der Waals surface area contributed by atoms with Crippen molar-refractivity contribution in [3.63, 3.8) is 0 Å². The van der Waals surface area contributed by atoms with Gasteiger partial charge in [0.05, 0.1) is 12.3 Å². The Morgan fingerprint density at radius 3 is 2.23 bits per heavy atom. The Bertz CT molecular complexity index is 1360. The number of hydrogen-bond acceptors (Lipinski definition) is 6. The van der Waals surface area contributed by atoms with Crippen LogP contribution in [0.3, 0.4) is 0 Å². The van der Waals surface area contributed by atoms with Gasteiger partial charge in [0.15, 0.2) is 0 Å². The molecule has 11 heteroatoms. The smallest absolute Gasteiger partial charge is 0.251 e. The topological polar surface area (TPSA) is 128 Å². The first-order valence-corrected chi connectivity index (χ1v) is 16.6. The second-order valence-electron chi connectivity index (χ2n) is 12.6. The molecule has 0 aliphatic carbocycles. The Morgan fingerprint density at radius 2 is 1.67 bits per heavy atom. The molecule has 0 bridgehead atoms. The van der Waals surface area contributed by atoms with Crippen LogP contribution in [-0.4, -0.2) is 92.4 Å². The minimum Gasteiger partial charge on any atom is -0.347 e. The number of benzene rings is 2. The molecule has 1 fully saturated rings. The van der Waals surface area contributed by atoms with Crippen molar-refractivity contribution in [2.24, 2.45) is 5.41 Å². The number of likely N-dealkylation sites (N-methyl/N-ethyl adjacent to an activating group) is 1. The number of nitrogens with one attached hydrogen (secondary N) is 3. The molecule has 1 aliphatic rings. The third-order valence-electron chi connectivity index (χ3n) is 7.95. The predicted octanol–water partition coefficient (Wildman–Crippen LogP) is 2.34. The lowest BCUT2D eigenvalue weighted by atomic mass is 9.85. The number of nitrogens with zero attached hydrogens (tertiary/aromatic N) is 2. The molecule has 3 rings (SSSR count). The summed E-state index contributed by atoms with van der Waals surface area (Å²) in [5, 5.41) is 8.86. The molecule has 1 saturated heterocycles. The molecule has 4 atom stereocenters. The number of hydrogen-bond donors (Lipinski definition) is 3. The zero-order chi connectivity index (χ0) is 31.9. The number of rotatable bonds is 12. The standard InChI is InChI=1S/C32H47N5O5S/c1-22-13-15-25(16-14-22)30(39)34-26-19-27(21-36(43(7,41)42)18-17-24-11-9-8-10-12-24)37(20-26)31(40)28(32(3,4)5)35-29(38)23(2)33-6/h8-16,23,26-28,33H,17-21H2,1-7H3,(H,34,39)(H,35,38)/t23-,26-,27-,28+/m0/s1. The highest BCUT2D eigenvalue weighted by Crippen LogP contribution is 2.27. The maximum atomic E-state index is 14.2. The summed E-state index contributed by atoms with van der Waals surface area (Å²) in [5.74, 6) is -0.875. The molecule has 0 spiro atoms.